The highest BCUT2D eigenvalue weighted by atomic mass is 16.6. The minimum absolute atomic E-state index is 0.0657. The maximum atomic E-state index is 12.9. The number of esters is 3. The van der Waals surface area contributed by atoms with E-state index in [1.54, 1.807) is 0 Å². The monoisotopic (exact) mass is 1170 g/mol. The molecule has 0 radical (unpaired) electrons. The molecule has 488 valence electrons. The molecule has 1 atom stereocenters. The quantitative estimate of drug-likeness (QED) is 0.0261. The highest BCUT2D eigenvalue weighted by Crippen LogP contribution is 2.19. The lowest BCUT2D eigenvalue weighted by molar-refractivity contribution is -0.167. The van der Waals surface area contributed by atoms with Crippen LogP contribution in [0.2, 0.25) is 0 Å². The maximum absolute atomic E-state index is 12.9. The smallest absolute Gasteiger partial charge is 0.306 e. The summed E-state index contributed by atoms with van der Waals surface area (Å²) in [5, 5.41) is 0. The Bertz CT molecular complexity index is 1380. The maximum Gasteiger partial charge on any atom is 0.306 e. The summed E-state index contributed by atoms with van der Waals surface area (Å²) in [6.45, 7) is 6.69. The summed E-state index contributed by atoms with van der Waals surface area (Å²) in [7, 11) is 0. The summed E-state index contributed by atoms with van der Waals surface area (Å²) in [6, 6.07) is 0. The van der Waals surface area contributed by atoms with Crippen LogP contribution in [-0.4, -0.2) is 37.2 Å². The van der Waals surface area contributed by atoms with E-state index in [1.807, 2.05) is 0 Å². The van der Waals surface area contributed by atoms with Gasteiger partial charge in [-0.1, -0.05) is 359 Å². The van der Waals surface area contributed by atoms with Crippen molar-refractivity contribution in [3.05, 3.63) is 36.5 Å². The van der Waals surface area contributed by atoms with Gasteiger partial charge >= 0.3 is 17.9 Å². The largest absolute Gasteiger partial charge is 0.462 e. The fourth-order valence-electron chi connectivity index (χ4n) is 11.5. The second-order valence-electron chi connectivity index (χ2n) is 25.6. The molecule has 0 rings (SSSR count). The van der Waals surface area contributed by atoms with Crippen LogP contribution in [0.4, 0.5) is 0 Å². The van der Waals surface area contributed by atoms with Crippen LogP contribution in [0.15, 0.2) is 36.5 Å². The summed E-state index contributed by atoms with van der Waals surface area (Å²) in [6.07, 6.45) is 90.7. The van der Waals surface area contributed by atoms with Crippen LogP contribution in [0.1, 0.15) is 419 Å². The Morgan fingerprint density at radius 3 is 0.675 bits per heavy atom. The molecule has 83 heavy (non-hydrogen) atoms. The molecule has 1 unspecified atom stereocenters. The van der Waals surface area contributed by atoms with E-state index in [0.29, 0.717) is 19.3 Å². The third-order valence-electron chi connectivity index (χ3n) is 17.1. The number of carbonyl (C=O) groups excluding carboxylic acids is 3. The van der Waals surface area contributed by atoms with Crippen LogP contribution in [0.5, 0.6) is 0 Å². The number of carbonyl (C=O) groups is 3. The molecule has 6 nitrogen and oxygen atoms in total. The molecule has 0 saturated carbocycles. The molecule has 0 aliphatic heterocycles. The molecular weight excluding hydrogens is 1020 g/mol. The number of ether oxygens (including phenoxy) is 3. The van der Waals surface area contributed by atoms with Crippen LogP contribution in [0.25, 0.3) is 0 Å². The van der Waals surface area contributed by atoms with Gasteiger partial charge in [0, 0.05) is 19.3 Å². The predicted molar refractivity (Wildman–Crippen MR) is 362 cm³/mol. The number of allylic oxidation sites excluding steroid dienone is 6. The Kier molecular flexibility index (Phi) is 70.0. The van der Waals surface area contributed by atoms with Crippen LogP contribution in [0, 0.1) is 0 Å². The van der Waals surface area contributed by atoms with E-state index >= 15 is 0 Å². The van der Waals surface area contributed by atoms with Crippen molar-refractivity contribution in [3.8, 4) is 0 Å². The molecule has 0 fully saturated rings. The summed E-state index contributed by atoms with van der Waals surface area (Å²) in [5.74, 6) is -0.838. The first kappa shape index (κ1) is 80.6. The first-order valence-corrected chi connectivity index (χ1v) is 37.5. The molecule has 0 amide bonds. The van der Waals surface area contributed by atoms with Gasteiger partial charge < -0.3 is 14.2 Å². The third kappa shape index (κ3) is 70.3. The van der Waals surface area contributed by atoms with Gasteiger partial charge in [0.25, 0.3) is 0 Å². The molecule has 6 heteroatoms. The summed E-state index contributed by atoms with van der Waals surface area (Å²) < 4.78 is 17.0. The third-order valence-corrected chi connectivity index (χ3v) is 17.1. The van der Waals surface area contributed by atoms with Gasteiger partial charge in [-0.2, -0.15) is 0 Å². The van der Waals surface area contributed by atoms with E-state index in [1.165, 1.54) is 315 Å². The van der Waals surface area contributed by atoms with Crippen molar-refractivity contribution < 1.29 is 28.6 Å². The number of hydrogen-bond donors (Lipinski definition) is 0. The highest BCUT2D eigenvalue weighted by Gasteiger charge is 2.20. The van der Waals surface area contributed by atoms with Crippen molar-refractivity contribution in [2.24, 2.45) is 0 Å². The molecule has 0 spiro atoms. The SMILES string of the molecule is CCCCCCC/C=C\C/C=C\CCCCCCCCCCCCCCCCCCCC(=O)OCC(COC(=O)CCCCCCCCCCC)OC(=O)CCCCCCCCCCCCCCCCC/C=C\CCCCCCCCCC. The summed E-state index contributed by atoms with van der Waals surface area (Å²) in [4.78, 5) is 38.3. The Hall–Kier alpha value is -2.37. The van der Waals surface area contributed by atoms with Gasteiger partial charge in [-0.25, -0.2) is 0 Å². The van der Waals surface area contributed by atoms with Gasteiger partial charge in [0.15, 0.2) is 6.10 Å². The molecule has 0 aromatic carbocycles. The van der Waals surface area contributed by atoms with Gasteiger partial charge in [0.2, 0.25) is 0 Å². The molecule has 0 aliphatic carbocycles. The predicted octanol–water partition coefficient (Wildman–Crippen LogP) is 25.9. The Labute approximate surface area is 518 Å². The Balaban J connectivity index is 4.07. The molecule has 0 saturated heterocycles. The molecule has 0 aliphatic rings. The van der Waals surface area contributed by atoms with E-state index in [4.69, 9.17) is 14.2 Å². The molecule has 0 aromatic rings. The van der Waals surface area contributed by atoms with Crippen molar-refractivity contribution in [1.29, 1.82) is 0 Å². The van der Waals surface area contributed by atoms with Crippen LogP contribution in [0.3, 0.4) is 0 Å². The molecule has 0 heterocycles. The lowest BCUT2D eigenvalue weighted by Crippen LogP contribution is -2.30. The first-order valence-electron chi connectivity index (χ1n) is 37.5. The van der Waals surface area contributed by atoms with Crippen LogP contribution < -0.4 is 0 Å². The molecule has 0 bridgehead atoms. The van der Waals surface area contributed by atoms with Gasteiger partial charge in [-0.3, -0.25) is 14.4 Å². The van der Waals surface area contributed by atoms with Crippen molar-refractivity contribution in [1.82, 2.24) is 0 Å². The van der Waals surface area contributed by atoms with Gasteiger partial charge in [0.1, 0.15) is 13.2 Å². The zero-order valence-electron chi connectivity index (χ0n) is 56.2. The van der Waals surface area contributed by atoms with E-state index < -0.39 is 6.10 Å². The molecule has 0 N–H and O–H groups in total. The van der Waals surface area contributed by atoms with Gasteiger partial charge in [-0.15, -0.1) is 0 Å². The highest BCUT2D eigenvalue weighted by molar-refractivity contribution is 5.71. The topological polar surface area (TPSA) is 78.9 Å². The average Bonchev–Trinajstić information content (AvgIpc) is 3.49. The van der Waals surface area contributed by atoms with Crippen molar-refractivity contribution in [2.45, 2.75) is 425 Å². The lowest BCUT2D eigenvalue weighted by Gasteiger charge is -2.18. The van der Waals surface area contributed by atoms with E-state index in [2.05, 4.69) is 57.2 Å². The second kappa shape index (κ2) is 72.1. The standard InChI is InChI=1S/C77H144O6/c1-4-7-10-13-16-19-21-23-25-27-29-31-33-35-37-38-40-41-43-45-47-49-51-53-55-58-61-64-67-70-76(79)82-73-74(72-81-75(78)69-66-63-60-57-18-15-12-9-6-3)83-77(80)71-68-65-62-59-56-54-52-50-48-46-44-42-39-36-34-32-30-28-26-24-22-20-17-14-11-8-5-2/h21,23,27-30,74H,4-20,22,24-26,31-73H2,1-3H3/b23-21-,29-27-,30-28-. The summed E-state index contributed by atoms with van der Waals surface area (Å²) >= 11 is 0. The first-order chi connectivity index (χ1) is 41.0. The molecule has 0 aromatic heterocycles. The van der Waals surface area contributed by atoms with Gasteiger partial charge in [-0.05, 0) is 77.0 Å². The Morgan fingerprint density at radius 2 is 0.434 bits per heavy atom. The van der Waals surface area contributed by atoms with Crippen molar-refractivity contribution in [3.63, 3.8) is 0 Å². The summed E-state index contributed by atoms with van der Waals surface area (Å²) in [5.41, 5.74) is 0. The van der Waals surface area contributed by atoms with Crippen LogP contribution >= 0.6 is 0 Å². The minimum atomic E-state index is -0.768. The fourth-order valence-corrected chi connectivity index (χ4v) is 11.5. The van der Waals surface area contributed by atoms with Gasteiger partial charge in [0.05, 0.1) is 0 Å². The minimum Gasteiger partial charge on any atom is -0.462 e. The van der Waals surface area contributed by atoms with Crippen molar-refractivity contribution >= 4 is 17.9 Å². The zero-order valence-corrected chi connectivity index (χ0v) is 56.2. The number of rotatable bonds is 70. The van der Waals surface area contributed by atoms with E-state index in [9.17, 15) is 14.4 Å². The Morgan fingerprint density at radius 1 is 0.241 bits per heavy atom. The normalized spacial score (nSPS) is 12.2. The second-order valence-corrected chi connectivity index (χ2v) is 25.6. The van der Waals surface area contributed by atoms with E-state index in [0.717, 1.165) is 64.2 Å². The number of hydrogen-bond acceptors (Lipinski definition) is 6. The zero-order chi connectivity index (χ0) is 59.9. The van der Waals surface area contributed by atoms with Crippen LogP contribution in [-0.2, 0) is 28.6 Å². The number of unbranched alkanes of at least 4 members (excludes halogenated alkanes) is 53. The van der Waals surface area contributed by atoms with E-state index in [-0.39, 0.29) is 31.1 Å². The molecular formula is C77H144O6. The fraction of sp³-hybridized carbons (Fsp3) is 0.883. The van der Waals surface area contributed by atoms with Crippen molar-refractivity contribution in [2.75, 3.05) is 13.2 Å². The lowest BCUT2D eigenvalue weighted by atomic mass is 10.0. The average molecular weight is 1170 g/mol.